The Morgan fingerprint density at radius 2 is 1.77 bits per heavy atom. The second-order valence-corrected chi connectivity index (χ2v) is 8.88. The zero-order valence-corrected chi connectivity index (χ0v) is 15.9. The Morgan fingerprint density at radius 3 is 2.46 bits per heavy atom. The van der Waals surface area contributed by atoms with Crippen LogP contribution in [-0.4, -0.2) is 24.5 Å². The molecule has 6 nitrogen and oxygen atoms in total. The van der Waals surface area contributed by atoms with Crippen LogP contribution in [0.1, 0.15) is 26.5 Å². The fourth-order valence-electron chi connectivity index (χ4n) is 2.29. The monoisotopic (exact) mass is 387 g/mol. The zero-order valence-electron chi connectivity index (χ0n) is 14.3. The van der Waals surface area contributed by atoms with Gasteiger partial charge in [0.2, 0.25) is 5.13 Å². The van der Waals surface area contributed by atoms with E-state index >= 15 is 0 Å². The van der Waals surface area contributed by atoms with Crippen molar-refractivity contribution >= 4 is 32.2 Å². The number of sulfone groups is 1. The molecule has 0 aliphatic heterocycles. The quantitative estimate of drug-likeness (QED) is 0.725. The van der Waals surface area contributed by atoms with Crippen LogP contribution in [0.15, 0.2) is 53.4 Å². The Bertz CT molecular complexity index is 1040. The predicted octanol–water partition coefficient (Wildman–Crippen LogP) is 3.38. The molecule has 0 fully saturated rings. The standard InChI is InChI=1S/C18H17N3O3S2/c1-12-8-9-14(10-13(12)2)17(22)19-18-21-20-16(25-18)11-26(23,24)15-6-4-3-5-7-15/h3-10H,11H2,1-2H3,(H,19,21,22). The Morgan fingerprint density at radius 1 is 1.04 bits per heavy atom. The minimum absolute atomic E-state index is 0.232. The van der Waals surface area contributed by atoms with E-state index in [-0.39, 0.29) is 21.7 Å². The maximum atomic E-state index is 12.4. The molecule has 1 aromatic heterocycles. The normalized spacial score (nSPS) is 11.3. The summed E-state index contributed by atoms with van der Waals surface area (Å²) in [6.07, 6.45) is 0. The molecule has 26 heavy (non-hydrogen) atoms. The van der Waals surface area contributed by atoms with E-state index < -0.39 is 9.84 Å². The van der Waals surface area contributed by atoms with Crippen LogP contribution < -0.4 is 5.32 Å². The van der Waals surface area contributed by atoms with E-state index in [1.54, 1.807) is 42.5 Å². The summed E-state index contributed by atoms with van der Waals surface area (Å²) in [5.74, 6) is -0.560. The van der Waals surface area contributed by atoms with Crippen molar-refractivity contribution in [2.75, 3.05) is 5.32 Å². The summed E-state index contributed by atoms with van der Waals surface area (Å²) >= 11 is 1.05. The van der Waals surface area contributed by atoms with Crippen LogP contribution in [0.5, 0.6) is 0 Å². The van der Waals surface area contributed by atoms with Gasteiger partial charge in [0.25, 0.3) is 5.91 Å². The lowest BCUT2D eigenvalue weighted by Crippen LogP contribution is -2.12. The van der Waals surface area contributed by atoms with Gasteiger partial charge in [0.15, 0.2) is 9.84 Å². The van der Waals surface area contributed by atoms with Gasteiger partial charge in [-0.15, -0.1) is 10.2 Å². The number of carbonyl (C=O) groups is 1. The van der Waals surface area contributed by atoms with Gasteiger partial charge in [0.1, 0.15) is 10.8 Å². The Labute approximate surface area is 155 Å². The summed E-state index contributed by atoms with van der Waals surface area (Å²) in [6.45, 7) is 3.91. The average molecular weight is 387 g/mol. The lowest BCUT2D eigenvalue weighted by molar-refractivity contribution is 0.102. The number of hydrogen-bond donors (Lipinski definition) is 1. The lowest BCUT2D eigenvalue weighted by atomic mass is 10.1. The minimum atomic E-state index is -3.50. The number of aromatic nitrogens is 2. The van der Waals surface area contributed by atoms with Crippen molar-refractivity contribution in [1.29, 1.82) is 0 Å². The van der Waals surface area contributed by atoms with Crippen molar-refractivity contribution in [3.63, 3.8) is 0 Å². The van der Waals surface area contributed by atoms with Crippen LogP contribution in [0, 0.1) is 13.8 Å². The van der Waals surface area contributed by atoms with Crippen molar-refractivity contribution in [2.45, 2.75) is 24.5 Å². The molecule has 0 spiro atoms. The molecule has 134 valence electrons. The summed E-state index contributed by atoms with van der Waals surface area (Å²) in [5, 5.41) is 11.0. The van der Waals surface area contributed by atoms with Gasteiger partial charge in [0.05, 0.1) is 4.90 Å². The number of amides is 1. The van der Waals surface area contributed by atoms with Crippen molar-refractivity contribution in [3.05, 3.63) is 70.2 Å². The molecule has 0 aliphatic carbocycles. The highest BCUT2D eigenvalue weighted by molar-refractivity contribution is 7.90. The molecule has 3 aromatic rings. The smallest absolute Gasteiger partial charge is 0.257 e. The zero-order chi connectivity index (χ0) is 18.7. The van der Waals surface area contributed by atoms with Gasteiger partial charge in [-0.25, -0.2) is 8.42 Å². The molecular formula is C18H17N3O3S2. The maximum Gasteiger partial charge on any atom is 0.257 e. The van der Waals surface area contributed by atoms with E-state index in [0.29, 0.717) is 10.6 Å². The third-order valence-corrected chi connectivity index (χ3v) is 6.54. The van der Waals surface area contributed by atoms with Crippen LogP contribution in [0.4, 0.5) is 5.13 Å². The molecule has 2 aromatic carbocycles. The summed E-state index contributed by atoms with van der Waals surface area (Å²) in [7, 11) is -3.50. The van der Waals surface area contributed by atoms with Crippen LogP contribution in [0.25, 0.3) is 0 Å². The summed E-state index contributed by atoms with van der Waals surface area (Å²) in [4.78, 5) is 12.5. The van der Waals surface area contributed by atoms with E-state index in [1.807, 2.05) is 19.9 Å². The number of nitrogens with zero attached hydrogens (tertiary/aromatic N) is 2. The van der Waals surface area contributed by atoms with Crippen molar-refractivity contribution in [1.82, 2.24) is 10.2 Å². The Balaban J connectivity index is 1.72. The van der Waals surface area contributed by atoms with Gasteiger partial charge in [0, 0.05) is 5.56 Å². The number of rotatable bonds is 5. The first-order valence-corrected chi connectivity index (χ1v) is 10.3. The summed E-state index contributed by atoms with van der Waals surface area (Å²) < 4.78 is 24.8. The van der Waals surface area contributed by atoms with E-state index in [1.165, 1.54) is 0 Å². The number of benzene rings is 2. The van der Waals surface area contributed by atoms with Crippen LogP contribution >= 0.6 is 11.3 Å². The third-order valence-electron chi connectivity index (χ3n) is 3.87. The van der Waals surface area contributed by atoms with E-state index in [0.717, 1.165) is 22.5 Å². The van der Waals surface area contributed by atoms with Gasteiger partial charge in [-0.1, -0.05) is 35.6 Å². The third kappa shape index (κ3) is 4.14. The highest BCUT2D eigenvalue weighted by atomic mass is 32.2. The molecule has 1 amide bonds. The Kier molecular flexibility index (Phi) is 5.15. The largest absolute Gasteiger partial charge is 0.296 e. The van der Waals surface area contributed by atoms with E-state index in [9.17, 15) is 13.2 Å². The average Bonchev–Trinajstić information content (AvgIpc) is 3.04. The molecular weight excluding hydrogens is 370 g/mol. The molecule has 0 bridgehead atoms. The number of hydrogen-bond acceptors (Lipinski definition) is 6. The molecule has 0 saturated heterocycles. The number of anilines is 1. The first-order chi connectivity index (χ1) is 12.3. The van der Waals surface area contributed by atoms with Crippen molar-refractivity contribution in [3.8, 4) is 0 Å². The van der Waals surface area contributed by atoms with E-state index in [2.05, 4.69) is 15.5 Å². The van der Waals surface area contributed by atoms with Gasteiger partial charge in [-0.3, -0.25) is 10.1 Å². The van der Waals surface area contributed by atoms with Crippen LogP contribution in [0.2, 0.25) is 0 Å². The molecule has 0 aliphatic rings. The van der Waals surface area contributed by atoms with Crippen LogP contribution in [0.3, 0.4) is 0 Å². The molecule has 3 rings (SSSR count). The molecule has 1 heterocycles. The van der Waals surface area contributed by atoms with Crippen LogP contribution in [-0.2, 0) is 15.6 Å². The summed E-state index contributed by atoms with van der Waals surface area (Å²) in [5.41, 5.74) is 2.64. The molecule has 1 N–H and O–H groups in total. The molecule has 0 atom stereocenters. The first-order valence-electron chi connectivity index (χ1n) is 7.84. The highest BCUT2D eigenvalue weighted by Crippen LogP contribution is 2.22. The van der Waals surface area contributed by atoms with Gasteiger partial charge in [-0.2, -0.15) is 0 Å². The highest BCUT2D eigenvalue weighted by Gasteiger charge is 2.19. The maximum absolute atomic E-state index is 12.4. The Hall–Kier alpha value is -2.58. The van der Waals surface area contributed by atoms with E-state index in [4.69, 9.17) is 0 Å². The first kappa shape index (κ1) is 18.2. The topological polar surface area (TPSA) is 89.0 Å². The van der Waals surface area contributed by atoms with Gasteiger partial charge < -0.3 is 0 Å². The van der Waals surface area contributed by atoms with Gasteiger partial charge >= 0.3 is 0 Å². The second kappa shape index (κ2) is 7.35. The number of aryl methyl sites for hydroxylation is 2. The van der Waals surface area contributed by atoms with Crippen molar-refractivity contribution < 1.29 is 13.2 Å². The molecule has 0 unspecified atom stereocenters. The lowest BCUT2D eigenvalue weighted by Gasteiger charge is -2.04. The van der Waals surface area contributed by atoms with Crippen molar-refractivity contribution in [2.24, 2.45) is 0 Å². The molecule has 0 radical (unpaired) electrons. The fraction of sp³-hybridized carbons (Fsp3) is 0.167. The SMILES string of the molecule is Cc1ccc(C(=O)Nc2nnc(CS(=O)(=O)c3ccccc3)s2)cc1C. The molecule has 0 saturated carbocycles. The number of carbonyl (C=O) groups excluding carboxylic acids is 1. The molecule has 8 heteroatoms. The number of nitrogens with one attached hydrogen (secondary N) is 1. The second-order valence-electron chi connectivity index (χ2n) is 5.83. The summed E-state index contributed by atoms with van der Waals surface area (Å²) in [6, 6.07) is 13.6. The minimum Gasteiger partial charge on any atom is -0.296 e. The fourth-order valence-corrected chi connectivity index (χ4v) is 4.64. The van der Waals surface area contributed by atoms with Gasteiger partial charge in [-0.05, 0) is 49.2 Å². The predicted molar refractivity (Wildman–Crippen MR) is 101 cm³/mol.